The van der Waals surface area contributed by atoms with Crippen LogP contribution in [0.5, 0.6) is 5.75 Å². The Morgan fingerprint density at radius 2 is 1.52 bits per heavy atom. The molecule has 27 heavy (non-hydrogen) atoms. The molecule has 1 atom stereocenters. The molecule has 3 rings (SSSR count). The maximum Gasteiger partial charge on any atom is 0.265 e. The largest absolute Gasteiger partial charge is 0.481 e. The molecule has 0 aliphatic carbocycles. The average Bonchev–Trinajstić information content (AvgIpc) is 2.70. The van der Waals surface area contributed by atoms with E-state index in [4.69, 9.17) is 10.00 Å². The first-order chi connectivity index (χ1) is 13.0. The molecule has 0 radical (unpaired) electrons. The van der Waals surface area contributed by atoms with Crippen LogP contribution in [0.15, 0.2) is 72.8 Å². The lowest BCUT2D eigenvalue weighted by molar-refractivity contribution is -0.122. The van der Waals surface area contributed by atoms with Crippen molar-refractivity contribution in [3.05, 3.63) is 84.2 Å². The SMILES string of the molecule is C[C@@H](Oc1ccc(-c2ccc(C#N)cc2)cc1)C(=O)Nc1ccc(F)cc1. The Hall–Kier alpha value is -3.65. The van der Waals surface area contributed by atoms with Gasteiger partial charge < -0.3 is 10.1 Å². The molecule has 0 saturated heterocycles. The molecule has 3 aromatic rings. The van der Waals surface area contributed by atoms with E-state index in [1.54, 1.807) is 31.2 Å². The van der Waals surface area contributed by atoms with E-state index in [0.717, 1.165) is 11.1 Å². The van der Waals surface area contributed by atoms with Crippen molar-refractivity contribution in [1.82, 2.24) is 0 Å². The molecule has 0 fully saturated rings. The summed E-state index contributed by atoms with van der Waals surface area (Å²) < 4.78 is 18.6. The number of nitrogens with one attached hydrogen (secondary N) is 1. The number of anilines is 1. The fourth-order valence-electron chi connectivity index (χ4n) is 2.50. The van der Waals surface area contributed by atoms with Gasteiger partial charge in [0.05, 0.1) is 11.6 Å². The topological polar surface area (TPSA) is 62.1 Å². The number of nitrogens with zero attached hydrogens (tertiary/aromatic N) is 1. The van der Waals surface area contributed by atoms with Gasteiger partial charge in [-0.1, -0.05) is 24.3 Å². The van der Waals surface area contributed by atoms with Gasteiger partial charge in [-0.25, -0.2) is 4.39 Å². The van der Waals surface area contributed by atoms with Crippen molar-refractivity contribution in [1.29, 1.82) is 5.26 Å². The minimum Gasteiger partial charge on any atom is -0.481 e. The molecule has 5 heteroatoms. The van der Waals surface area contributed by atoms with Gasteiger partial charge in [0.25, 0.3) is 5.91 Å². The summed E-state index contributed by atoms with van der Waals surface area (Å²) in [6.45, 7) is 1.65. The smallest absolute Gasteiger partial charge is 0.265 e. The molecule has 134 valence electrons. The number of amides is 1. The van der Waals surface area contributed by atoms with Crippen molar-refractivity contribution in [3.8, 4) is 22.9 Å². The van der Waals surface area contributed by atoms with Gasteiger partial charge in [0.2, 0.25) is 0 Å². The van der Waals surface area contributed by atoms with Gasteiger partial charge in [0.15, 0.2) is 6.10 Å². The molecule has 0 aromatic heterocycles. The first-order valence-corrected chi connectivity index (χ1v) is 8.39. The highest BCUT2D eigenvalue weighted by Crippen LogP contribution is 2.23. The molecule has 0 heterocycles. The fourth-order valence-corrected chi connectivity index (χ4v) is 2.50. The van der Waals surface area contributed by atoms with E-state index >= 15 is 0 Å². The van der Waals surface area contributed by atoms with Gasteiger partial charge in [0.1, 0.15) is 11.6 Å². The summed E-state index contributed by atoms with van der Waals surface area (Å²) in [6, 6.07) is 22.3. The van der Waals surface area contributed by atoms with Crippen LogP contribution in [0, 0.1) is 17.1 Å². The van der Waals surface area contributed by atoms with E-state index in [0.29, 0.717) is 17.0 Å². The minimum atomic E-state index is -0.712. The highest BCUT2D eigenvalue weighted by atomic mass is 19.1. The number of ether oxygens (including phenoxy) is 1. The van der Waals surface area contributed by atoms with Gasteiger partial charge in [-0.15, -0.1) is 0 Å². The van der Waals surface area contributed by atoms with Crippen LogP contribution in [0.4, 0.5) is 10.1 Å². The van der Waals surface area contributed by atoms with Crippen LogP contribution in [0.2, 0.25) is 0 Å². The zero-order valence-electron chi connectivity index (χ0n) is 14.6. The summed E-state index contributed by atoms with van der Waals surface area (Å²) >= 11 is 0. The van der Waals surface area contributed by atoms with Crippen LogP contribution in [0.3, 0.4) is 0 Å². The number of halogens is 1. The Morgan fingerprint density at radius 3 is 2.07 bits per heavy atom. The Morgan fingerprint density at radius 1 is 0.963 bits per heavy atom. The molecule has 3 aromatic carbocycles. The third-order valence-electron chi connectivity index (χ3n) is 4.00. The Balaban J connectivity index is 1.62. The van der Waals surface area contributed by atoms with Gasteiger partial charge in [0, 0.05) is 5.69 Å². The molecule has 1 N–H and O–H groups in total. The van der Waals surface area contributed by atoms with E-state index in [-0.39, 0.29) is 11.7 Å². The molecular formula is C22H17FN2O2. The van der Waals surface area contributed by atoms with Crippen LogP contribution in [0.25, 0.3) is 11.1 Å². The van der Waals surface area contributed by atoms with Crippen molar-refractivity contribution in [3.63, 3.8) is 0 Å². The number of carbonyl (C=O) groups is 1. The number of carbonyl (C=O) groups excluding carboxylic acids is 1. The van der Waals surface area contributed by atoms with Gasteiger partial charge >= 0.3 is 0 Å². The molecule has 4 nitrogen and oxygen atoms in total. The van der Waals surface area contributed by atoms with E-state index in [1.807, 2.05) is 24.3 Å². The Bertz CT molecular complexity index is 959. The maximum atomic E-state index is 12.9. The van der Waals surface area contributed by atoms with Crippen molar-refractivity contribution >= 4 is 11.6 Å². The number of benzene rings is 3. The maximum absolute atomic E-state index is 12.9. The summed E-state index contributed by atoms with van der Waals surface area (Å²) in [5.41, 5.74) is 3.09. The molecule has 0 unspecified atom stereocenters. The zero-order chi connectivity index (χ0) is 19.2. The first kappa shape index (κ1) is 18.2. The lowest BCUT2D eigenvalue weighted by atomic mass is 10.0. The monoisotopic (exact) mass is 360 g/mol. The van der Waals surface area contributed by atoms with E-state index in [1.165, 1.54) is 24.3 Å². The predicted molar refractivity (Wildman–Crippen MR) is 102 cm³/mol. The Labute approximate surface area is 156 Å². The highest BCUT2D eigenvalue weighted by molar-refractivity contribution is 5.94. The van der Waals surface area contributed by atoms with Crippen LogP contribution in [-0.4, -0.2) is 12.0 Å². The third kappa shape index (κ3) is 4.71. The van der Waals surface area contributed by atoms with Gasteiger partial charge in [-0.2, -0.15) is 5.26 Å². The summed E-state index contributed by atoms with van der Waals surface area (Å²) in [5.74, 6) is -0.119. The second-order valence-electron chi connectivity index (χ2n) is 5.97. The van der Waals surface area contributed by atoms with E-state index in [9.17, 15) is 9.18 Å². The number of nitriles is 1. The normalized spacial score (nSPS) is 11.3. The third-order valence-corrected chi connectivity index (χ3v) is 4.00. The van der Waals surface area contributed by atoms with Crippen molar-refractivity contribution < 1.29 is 13.9 Å². The van der Waals surface area contributed by atoms with Crippen LogP contribution in [0.1, 0.15) is 12.5 Å². The molecule has 0 spiro atoms. The van der Waals surface area contributed by atoms with Gasteiger partial charge in [-0.05, 0) is 66.6 Å². The second kappa shape index (κ2) is 8.15. The van der Waals surface area contributed by atoms with Crippen LogP contribution >= 0.6 is 0 Å². The Kier molecular flexibility index (Phi) is 5.48. The summed E-state index contributed by atoms with van der Waals surface area (Å²) in [7, 11) is 0. The number of rotatable bonds is 5. The highest BCUT2D eigenvalue weighted by Gasteiger charge is 2.15. The van der Waals surface area contributed by atoms with Gasteiger partial charge in [-0.3, -0.25) is 4.79 Å². The number of hydrogen-bond donors (Lipinski definition) is 1. The lowest BCUT2D eigenvalue weighted by Gasteiger charge is -2.15. The molecule has 0 saturated carbocycles. The molecule has 0 bridgehead atoms. The second-order valence-corrected chi connectivity index (χ2v) is 5.97. The standard InChI is InChI=1S/C22H17FN2O2/c1-15(22(26)25-20-10-8-19(23)9-11-20)27-21-12-6-18(7-13-21)17-4-2-16(14-24)3-5-17/h2-13,15H,1H3,(H,25,26)/t15-/m1/s1. The van der Waals surface area contributed by atoms with Crippen LogP contribution < -0.4 is 10.1 Å². The molecular weight excluding hydrogens is 343 g/mol. The van der Waals surface area contributed by atoms with Crippen molar-refractivity contribution in [2.45, 2.75) is 13.0 Å². The number of hydrogen-bond acceptors (Lipinski definition) is 3. The zero-order valence-corrected chi connectivity index (χ0v) is 14.6. The molecule has 1 amide bonds. The average molecular weight is 360 g/mol. The van der Waals surface area contributed by atoms with Crippen molar-refractivity contribution in [2.75, 3.05) is 5.32 Å². The quantitative estimate of drug-likeness (QED) is 0.713. The summed E-state index contributed by atoms with van der Waals surface area (Å²) in [6.07, 6.45) is -0.712. The van der Waals surface area contributed by atoms with Crippen molar-refractivity contribution in [2.24, 2.45) is 0 Å². The van der Waals surface area contributed by atoms with E-state index in [2.05, 4.69) is 11.4 Å². The minimum absolute atomic E-state index is 0.322. The summed E-state index contributed by atoms with van der Waals surface area (Å²) in [4.78, 5) is 12.2. The molecule has 0 aliphatic rings. The van der Waals surface area contributed by atoms with Crippen LogP contribution in [-0.2, 0) is 4.79 Å². The summed E-state index contributed by atoms with van der Waals surface area (Å²) in [5, 5.41) is 11.5. The predicted octanol–water partition coefficient (Wildman–Crippen LogP) is 4.77. The van der Waals surface area contributed by atoms with E-state index < -0.39 is 6.10 Å². The lowest BCUT2D eigenvalue weighted by Crippen LogP contribution is -2.30. The first-order valence-electron chi connectivity index (χ1n) is 8.39. The fraction of sp³-hybridized carbons (Fsp3) is 0.0909. The molecule has 0 aliphatic heterocycles.